The van der Waals surface area contributed by atoms with Gasteiger partial charge < -0.3 is 4.90 Å². The van der Waals surface area contributed by atoms with E-state index in [9.17, 15) is 8.78 Å². The molecule has 0 fully saturated rings. The second kappa shape index (κ2) is 7.48. The summed E-state index contributed by atoms with van der Waals surface area (Å²) < 4.78 is 26.1. The molecule has 0 aliphatic heterocycles. The van der Waals surface area contributed by atoms with Crippen molar-refractivity contribution in [2.75, 3.05) is 20.1 Å². The van der Waals surface area contributed by atoms with Gasteiger partial charge in [0.25, 0.3) is 0 Å². The molecule has 0 aliphatic rings. The number of hydrogen-bond acceptors (Lipinski definition) is 2. The summed E-state index contributed by atoms with van der Waals surface area (Å²) in [5.41, 5.74) is 1.79. The molecule has 0 saturated heterocycles. The maximum absolute atomic E-state index is 13.2. The van der Waals surface area contributed by atoms with Crippen LogP contribution in [-0.2, 0) is 6.42 Å². The van der Waals surface area contributed by atoms with Crippen molar-refractivity contribution in [1.82, 2.24) is 9.88 Å². The summed E-state index contributed by atoms with van der Waals surface area (Å²) in [7, 11) is 1.95. The molecule has 21 heavy (non-hydrogen) atoms. The standard InChI is InChI=1S/C16H17ClF2N2/c1-21(9-6-12-4-7-20-8-5-12)11-14(17)13-2-3-15(18)16(19)10-13/h2-5,7-8,10,14H,6,9,11H2,1H3. The van der Waals surface area contributed by atoms with E-state index in [1.165, 1.54) is 11.6 Å². The van der Waals surface area contributed by atoms with Crippen molar-refractivity contribution in [2.45, 2.75) is 11.8 Å². The molecule has 5 heteroatoms. The van der Waals surface area contributed by atoms with Crippen molar-refractivity contribution in [3.05, 3.63) is 65.5 Å². The molecular weight excluding hydrogens is 294 g/mol. The predicted molar refractivity (Wildman–Crippen MR) is 80.4 cm³/mol. The second-order valence-corrected chi connectivity index (χ2v) is 5.54. The minimum atomic E-state index is -0.863. The molecule has 1 aromatic carbocycles. The number of hydrogen-bond donors (Lipinski definition) is 0. The Kier molecular flexibility index (Phi) is 5.65. The van der Waals surface area contributed by atoms with E-state index in [1.54, 1.807) is 12.4 Å². The van der Waals surface area contributed by atoms with Gasteiger partial charge in [0.1, 0.15) is 0 Å². The summed E-state index contributed by atoms with van der Waals surface area (Å²) in [6.45, 7) is 1.40. The van der Waals surface area contributed by atoms with Gasteiger partial charge in [0.05, 0.1) is 5.38 Å². The zero-order chi connectivity index (χ0) is 15.2. The minimum absolute atomic E-state index is 0.373. The normalized spacial score (nSPS) is 12.6. The van der Waals surface area contributed by atoms with Crippen LogP contribution in [0, 0.1) is 11.6 Å². The maximum atomic E-state index is 13.2. The van der Waals surface area contributed by atoms with Crippen molar-refractivity contribution in [3.63, 3.8) is 0 Å². The Hall–Kier alpha value is -1.52. The van der Waals surface area contributed by atoms with Gasteiger partial charge >= 0.3 is 0 Å². The molecule has 0 spiro atoms. The Morgan fingerprint density at radius 2 is 1.86 bits per heavy atom. The lowest BCUT2D eigenvalue weighted by atomic mass is 10.1. The molecule has 0 aliphatic carbocycles. The average Bonchev–Trinajstić information content (AvgIpc) is 2.49. The van der Waals surface area contributed by atoms with Crippen molar-refractivity contribution < 1.29 is 8.78 Å². The molecule has 0 saturated carbocycles. The number of pyridine rings is 1. The molecule has 0 radical (unpaired) electrons. The molecule has 1 unspecified atom stereocenters. The van der Waals surface area contributed by atoms with Gasteiger partial charge in [0.2, 0.25) is 0 Å². The van der Waals surface area contributed by atoms with Gasteiger partial charge in [-0.25, -0.2) is 8.78 Å². The zero-order valence-electron chi connectivity index (χ0n) is 11.8. The number of benzene rings is 1. The van der Waals surface area contributed by atoms with E-state index in [1.807, 2.05) is 19.2 Å². The highest BCUT2D eigenvalue weighted by Crippen LogP contribution is 2.23. The van der Waals surface area contributed by atoms with Crippen molar-refractivity contribution in [2.24, 2.45) is 0 Å². The predicted octanol–water partition coefficient (Wildman–Crippen LogP) is 3.81. The summed E-state index contributed by atoms with van der Waals surface area (Å²) in [5, 5.41) is -0.373. The molecule has 2 nitrogen and oxygen atoms in total. The van der Waals surface area contributed by atoms with Crippen LogP contribution in [0.15, 0.2) is 42.7 Å². The molecule has 1 atom stereocenters. The van der Waals surface area contributed by atoms with Crippen LogP contribution in [0.2, 0.25) is 0 Å². The average molecular weight is 311 g/mol. The first-order chi connectivity index (χ1) is 10.1. The molecule has 2 aromatic rings. The molecule has 1 aromatic heterocycles. The summed E-state index contributed by atoms with van der Waals surface area (Å²) in [6.07, 6.45) is 4.42. The monoisotopic (exact) mass is 310 g/mol. The number of rotatable bonds is 6. The Morgan fingerprint density at radius 1 is 1.14 bits per heavy atom. The van der Waals surface area contributed by atoms with E-state index in [-0.39, 0.29) is 5.38 Å². The molecule has 2 rings (SSSR count). The van der Waals surface area contributed by atoms with Gasteiger partial charge in [-0.1, -0.05) is 6.07 Å². The van der Waals surface area contributed by atoms with Crippen molar-refractivity contribution >= 4 is 11.6 Å². The van der Waals surface area contributed by atoms with Crippen LogP contribution in [0.4, 0.5) is 8.78 Å². The van der Waals surface area contributed by atoms with Crippen LogP contribution in [0.1, 0.15) is 16.5 Å². The lowest BCUT2D eigenvalue weighted by Crippen LogP contribution is -2.25. The smallest absolute Gasteiger partial charge is 0.159 e. The largest absolute Gasteiger partial charge is 0.304 e. The zero-order valence-corrected chi connectivity index (χ0v) is 12.5. The molecule has 0 bridgehead atoms. The van der Waals surface area contributed by atoms with Crippen LogP contribution in [0.25, 0.3) is 0 Å². The summed E-state index contributed by atoms with van der Waals surface area (Å²) in [6, 6.07) is 7.73. The topological polar surface area (TPSA) is 16.1 Å². The van der Waals surface area contributed by atoms with E-state index in [2.05, 4.69) is 9.88 Å². The van der Waals surface area contributed by atoms with Gasteiger partial charge in [-0.05, 0) is 48.9 Å². The Labute approximate surface area is 128 Å². The minimum Gasteiger partial charge on any atom is -0.304 e. The molecule has 1 heterocycles. The van der Waals surface area contributed by atoms with E-state index in [0.29, 0.717) is 12.1 Å². The SMILES string of the molecule is CN(CCc1ccncc1)CC(Cl)c1ccc(F)c(F)c1. The van der Waals surface area contributed by atoms with Crippen LogP contribution in [0.5, 0.6) is 0 Å². The lowest BCUT2D eigenvalue weighted by Gasteiger charge is -2.20. The number of alkyl halides is 1. The number of halogens is 3. The van der Waals surface area contributed by atoms with Gasteiger partial charge in [-0.15, -0.1) is 11.6 Å². The number of likely N-dealkylation sites (N-methyl/N-ethyl adjacent to an activating group) is 1. The Balaban J connectivity index is 1.86. The van der Waals surface area contributed by atoms with Crippen LogP contribution >= 0.6 is 11.6 Å². The van der Waals surface area contributed by atoms with Gasteiger partial charge in [-0.2, -0.15) is 0 Å². The van der Waals surface area contributed by atoms with Crippen molar-refractivity contribution in [3.8, 4) is 0 Å². The summed E-state index contributed by atoms with van der Waals surface area (Å²) in [4.78, 5) is 6.04. The third-order valence-corrected chi connectivity index (χ3v) is 3.70. The number of nitrogens with zero attached hydrogens (tertiary/aromatic N) is 2. The number of aromatic nitrogens is 1. The Bertz CT molecular complexity index is 578. The third kappa shape index (κ3) is 4.76. The summed E-state index contributed by atoms with van der Waals surface area (Å²) in [5.74, 6) is -1.72. The molecular formula is C16H17ClF2N2. The fourth-order valence-electron chi connectivity index (χ4n) is 2.05. The highest BCUT2D eigenvalue weighted by molar-refractivity contribution is 6.21. The first-order valence-corrected chi connectivity index (χ1v) is 7.16. The first kappa shape index (κ1) is 15.9. The van der Waals surface area contributed by atoms with E-state index in [0.717, 1.165) is 25.1 Å². The maximum Gasteiger partial charge on any atom is 0.159 e. The quantitative estimate of drug-likeness (QED) is 0.754. The third-order valence-electron chi connectivity index (χ3n) is 3.31. The highest BCUT2D eigenvalue weighted by Gasteiger charge is 2.13. The van der Waals surface area contributed by atoms with Gasteiger partial charge in [-0.3, -0.25) is 4.98 Å². The van der Waals surface area contributed by atoms with Crippen LogP contribution < -0.4 is 0 Å². The van der Waals surface area contributed by atoms with E-state index in [4.69, 9.17) is 11.6 Å². The second-order valence-electron chi connectivity index (χ2n) is 5.01. The van der Waals surface area contributed by atoms with Crippen molar-refractivity contribution in [1.29, 1.82) is 0 Å². The fraction of sp³-hybridized carbons (Fsp3) is 0.312. The highest BCUT2D eigenvalue weighted by atomic mass is 35.5. The first-order valence-electron chi connectivity index (χ1n) is 6.72. The molecule has 0 amide bonds. The molecule has 112 valence electrons. The van der Waals surface area contributed by atoms with Crippen LogP contribution in [0.3, 0.4) is 0 Å². The van der Waals surface area contributed by atoms with Gasteiger partial charge in [0, 0.05) is 25.5 Å². The fourth-order valence-corrected chi connectivity index (χ4v) is 2.42. The van der Waals surface area contributed by atoms with E-state index >= 15 is 0 Å². The van der Waals surface area contributed by atoms with Crippen LogP contribution in [-0.4, -0.2) is 30.0 Å². The molecule has 0 N–H and O–H groups in total. The summed E-state index contributed by atoms with van der Waals surface area (Å²) >= 11 is 6.27. The Morgan fingerprint density at radius 3 is 2.52 bits per heavy atom. The lowest BCUT2D eigenvalue weighted by molar-refractivity contribution is 0.338. The van der Waals surface area contributed by atoms with Gasteiger partial charge in [0.15, 0.2) is 11.6 Å². The van der Waals surface area contributed by atoms with E-state index < -0.39 is 11.6 Å².